The van der Waals surface area contributed by atoms with Gasteiger partial charge in [-0.3, -0.25) is 10.1 Å². The Kier molecular flexibility index (Phi) is 3.68. The number of hydrogen-bond acceptors (Lipinski definition) is 4. The van der Waals surface area contributed by atoms with Crippen LogP contribution in [0.2, 0.25) is 0 Å². The predicted molar refractivity (Wildman–Crippen MR) is 71.1 cm³/mol. The van der Waals surface area contributed by atoms with Crippen molar-refractivity contribution in [3.05, 3.63) is 41.0 Å². The molecule has 0 fully saturated rings. The molecule has 0 saturated carbocycles. The number of pyridine rings is 1. The van der Waals surface area contributed by atoms with Crippen LogP contribution in [0.25, 0.3) is 0 Å². The van der Waals surface area contributed by atoms with E-state index in [1.807, 2.05) is 19.1 Å². The van der Waals surface area contributed by atoms with Crippen LogP contribution in [0.15, 0.2) is 23.2 Å². The lowest BCUT2D eigenvalue weighted by atomic mass is 10.2. The van der Waals surface area contributed by atoms with E-state index in [9.17, 15) is 8.42 Å². The number of aromatic nitrogens is 3. The third-order valence-corrected chi connectivity index (χ3v) is 4.54. The average molecular weight is 280 g/mol. The fraction of sp³-hybridized carbons (Fsp3) is 0.333. The first-order valence-corrected chi connectivity index (χ1v) is 7.32. The van der Waals surface area contributed by atoms with Crippen LogP contribution in [-0.2, 0) is 16.6 Å². The van der Waals surface area contributed by atoms with Crippen molar-refractivity contribution in [3.8, 4) is 0 Å². The van der Waals surface area contributed by atoms with Gasteiger partial charge in [-0.25, -0.2) is 13.1 Å². The Balaban J connectivity index is 2.22. The first kappa shape index (κ1) is 13.7. The van der Waals surface area contributed by atoms with Gasteiger partial charge < -0.3 is 0 Å². The predicted octanol–water partition coefficient (Wildman–Crippen LogP) is 1.21. The van der Waals surface area contributed by atoms with Gasteiger partial charge in [-0.1, -0.05) is 6.07 Å². The summed E-state index contributed by atoms with van der Waals surface area (Å²) in [6.07, 6.45) is 1.64. The van der Waals surface area contributed by atoms with Gasteiger partial charge in [0.1, 0.15) is 4.90 Å². The van der Waals surface area contributed by atoms with Crippen molar-refractivity contribution in [1.82, 2.24) is 19.9 Å². The topological polar surface area (TPSA) is 87.7 Å². The highest BCUT2D eigenvalue weighted by atomic mass is 32.2. The number of aryl methyl sites for hydroxylation is 3. The van der Waals surface area contributed by atoms with Crippen LogP contribution >= 0.6 is 0 Å². The maximum atomic E-state index is 12.2. The molecule has 0 spiro atoms. The SMILES string of the molecule is Cc1cccnc1CNS(=O)(=O)c1c(C)n[nH]c1C. The summed E-state index contributed by atoms with van der Waals surface area (Å²) in [5.74, 6) is 0. The van der Waals surface area contributed by atoms with Crippen LogP contribution in [0, 0.1) is 20.8 Å². The molecule has 0 aromatic carbocycles. The van der Waals surface area contributed by atoms with Crippen LogP contribution in [0.4, 0.5) is 0 Å². The van der Waals surface area contributed by atoms with Crippen molar-refractivity contribution < 1.29 is 8.42 Å². The molecule has 0 atom stereocenters. The summed E-state index contributed by atoms with van der Waals surface area (Å²) >= 11 is 0. The smallest absolute Gasteiger partial charge is 0.244 e. The number of hydrogen-bond donors (Lipinski definition) is 2. The van der Waals surface area contributed by atoms with E-state index in [-0.39, 0.29) is 11.4 Å². The lowest BCUT2D eigenvalue weighted by Crippen LogP contribution is -2.25. The van der Waals surface area contributed by atoms with Gasteiger partial charge in [0, 0.05) is 6.20 Å². The van der Waals surface area contributed by atoms with Crippen LogP contribution in [-0.4, -0.2) is 23.6 Å². The maximum Gasteiger partial charge on any atom is 0.244 e. The molecule has 102 valence electrons. The van der Waals surface area contributed by atoms with E-state index in [4.69, 9.17) is 0 Å². The van der Waals surface area contributed by atoms with E-state index in [2.05, 4.69) is 19.9 Å². The zero-order valence-corrected chi connectivity index (χ0v) is 11.9. The Morgan fingerprint density at radius 1 is 1.32 bits per heavy atom. The van der Waals surface area contributed by atoms with Crippen molar-refractivity contribution in [3.63, 3.8) is 0 Å². The van der Waals surface area contributed by atoms with Crippen LogP contribution in [0.5, 0.6) is 0 Å². The Morgan fingerprint density at radius 2 is 2.05 bits per heavy atom. The Bertz CT molecular complexity index is 672. The second-order valence-corrected chi connectivity index (χ2v) is 6.06. The number of nitrogens with one attached hydrogen (secondary N) is 2. The largest absolute Gasteiger partial charge is 0.281 e. The molecule has 7 heteroatoms. The van der Waals surface area contributed by atoms with Gasteiger partial charge in [-0.15, -0.1) is 0 Å². The average Bonchev–Trinajstić information content (AvgIpc) is 2.69. The Morgan fingerprint density at radius 3 is 2.63 bits per heavy atom. The lowest BCUT2D eigenvalue weighted by Gasteiger charge is -2.08. The number of sulfonamides is 1. The Labute approximate surface area is 112 Å². The number of nitrogens with zero attached hydrogens (tertiary/aromatic N) is 2. The zero-order valence-electron chi connectivity index (χ0n) is 11.1. The maximum absolute atomic E-state index is 12.2. The van der Waals surface area contributed by atoms with E-state index in [1.54, 1.807) is 20.0 Å². The van der Waals surface area contributed by atoms with Crippen molar-refractivity contribution in [2.75, 3.05) is 0 Å². The molecule has 0 saturated heterocycles. The van der Waals surface area contributed by atoms with E-state index in [1.165, 1.54) is 0 Å². The molecule has 2 aromatic rings. The molecule has 2 heterocycles. The number of rotatable bonds is 4. The summed E-state index contributed by atoms with van der Waals surface area (Å²) in [5, 5.41) is 6.56. The fourth-order valence-corrected chi connectivity index (χ4v) is 3.23. The third kappa shape index (κ3) is 2.82. The molecule has 2 rings (SSSR count). The monoisotopic (exact) mass is 280 g/mol. The highest BCUT2D eigenvalue weighted by molar-refractivity contribution is 7.89. The highest BCUT2D eigenvalue weighted by Gasteiger charge is 2.22. The van der Waals surface area contributed by atoms with Gasteiger partial charge in [-0.05, 0) is 32.4 Å². The second kappa shape index (κ2) is 5.10. The second-order valence-electron chi connectivity index (χ2n) is 4.35. The van der Waals surface area contributed by atoms with Gasteiger partial charge >= 0.3 is 0 Å². The molecule has 0 radical (unpaired) electrons. The summed E-state index contributed by atoms with van der Waals surface area (Å²) < 4.78 is 27.0. The molecule has 0 aliphatic rings. The van der Waals surface area contributed by atoms with Gasteiger partial charge in [0.15, 0.2) is 0 Å². The van der Waals surface area contributed by atoms with Gasteiger partial charge in [0.25, 0.3) is 0 Å². The summed E-state index contributed by atoms with van der Waals surface area (Å²) in [4.78, 5) is 4.37. The van der Waals surface area contributed by atoms with E-state index < -0.39 is 10.0 Å². The third-order valence-electron chi connectivity index (χ3n) is 2.88. The zero-order chi connectivity index (χ0) is 14.0. The fourth-order valence-electron chi connectivity index (χ4n) is 1.88. The van der Waals surface area contributed by atoms with Crippen LogP contribution < -0.4 is 4.72 Å². The molecule has 0 amide bonds. The van der Waals surface area contributed by atoms with E-state index in [0.717, 1.165) is 5.56 Å². The molecule has 2 N–H and O–H groups in total. The molecule has 2 aromatic heterocycles. The molecule has 0 bridgehead atoms. The van der Waals surface area contributed by atoms with Crippen LogP contribution in [0.1, 0.15) is 22.6 Å². The molecule has 0 aliphatic carbocycles. The summed E-state index contributed by atoms with van der Waals surface area (Å²) in [6, 6.07) is 3.71. The van der Waals surface area contributed by atoms with Crippen LogP contribution in [0.3, 0.4) is 0 Å². The van der Waals surface area contributed by atoms with E-state index in [0.29, 0.717) is 17.1 Å². The highest BCUT2D eigenvalue weighted by Crippen LogP contribution is 2.16. The van der Waals surface area contributed by atoms with Crippen molar-refractivity contribution >= 4 is 10.0 Å². The van der Waals surface area contributed by atoms with Crippen molar-refractivity contribution in [2.24, 2.45) is 0 Å². The normalized spacial score (nSPS) is 11.7. The van der Waals surface area contributed by atoms with Crippen molar-refractivity contribution in [2.45, 2.75) is 32.2 Å². The number of H-pyrrole nitrogens is 1. The molecule has 0 unspecified atom stereocenters. The minimum absolute atomic E-state index is 0.166. The molecule has 19 heavy (non-hydrogen) atoms. The summed E-state index contributed by atoms with van der Waals surface area (Å²) in [7, 11) is -3.58. The minimum Gasteiger partial charge on any atom is -0.281 e. The number of aromatic amines is 1. The molecular formula is C12H16N4O2S. The van der Waals surface area contributed by atoms with E-state index >= 15 is 0 Å². The standard InChI is InChI=1S/C12H16N4O2S/c1-8-5-4-6-13-11(8)7-14-19(17,18)12-9(2)15-16-10(12)3/h4-6,14H,7H2,1-3H3,(H,15,16). The minimum atomic E-state index is -3.58. The molecule has 6 nitrogen and oxygen atoms in total. The summed E-state index contributed by atoms with van der Waals surface area (Å²) in [6.45, 7) is 5.40. The first-order chi connectivity index (χ1) is 8.92. The first-order valence-electron chi connectivity index (χ1n) is 5.83. The van der Waals surface area contributed by atoms with Crippen molar-refractivity contribution in [1.29, 1.82) is 0 Å². The van der Waals surface area contributed by atoms with Gasteiger partial charge in [0.2, 0.25) is 10.0 Å². The van der Waals surface area contributed by atoms with Gasteiger partial charge in [-0.2, -0.15) is 5.10 Å². The Hall–Kier alpha value is -1.73. The summed E-state index contributed by atoms with van der Waals surface area (Å²) in [5.41, 5.74) is 2.65. The van der Waals surface area contributed by atoms with Gasteiger partial charge in [0.05, 0.1) is 23.6 Å². The lowest BCUT2D eigenvalue weighted by molar-refractivity contribution is 0.579. The molecule has 0 aliphatic heterocycles. The molecular weight excluding hydrogens is 264 g/mol. The quantitative estimate of drug-likeness (QED) is 0.881.